The number of ether oxygens (including phenoxy) is 1. The van der Waals surface area contributed by atoms with Crippen LogP contribution < -0.4 is 4.74 Å². The number of carbonyl (C=O) groups excluding carboxylic acids is 1. The number of hydrogen-bond acceptors (Lipinski definition) is 4. The molecule has 0 spiro atoms. The van der Waals surface area contributed by atoms with Crippen LogP contribution in [-0.4, -0.2) is 47.4 Å². The molecule has 1 aliphatic heterocycles. The second-order valence-electron chi connectivity index (χ2n) is 12.1. The van der Waals surface area contributed by atoms with E-state index in [1.54, 1.807) is 7.11 Å². The van der Waals surface area contributed by atoms with Crippen molar-refractivity contribution in [3.05, 3.63) is 89.0 Å². The Balaban J connectivity index is 1.33. The Hall–Kier alpha value is -3.93. The van der Waals surface area contributed by atoms with Crippen molar-refractivity contribution in [2.45, 2.75) is 84.1 Å². The fourth-order valence-electron chi connectivity index (χ4n) is 5.60. The monoisotopic (exact) mass is 568 g/mol. The first-order valence-corrected chi connectivity index (χ1v) is 15.0. The van der Waals surface area contributed by atoms with Gasteiger partial charge in [0.15, 0.2) is 0 Å². The van der Waals surface area contributed by atoms with E-state index in [-0.39, 0.29) is 23.8 Å². The van der Waals surface area contributed by atoms with Crippen LogP contribution in [0.15, 0.2) is 71.7 Å². The molecule has 222 valence electrons. The highest BCUT2D eigenvalue weighted by atomic mass is 16.5. The highest BCUT2D eigenvalue weighted by molar-refractivity contribution is 6.05. The van der Waals surface area contributed by atoms with E-state index < -0.39 is 5.97 Å². The molecule has 0 aliphatic carbocycles. The number of nitrogens with zero attached hydrogens (tertiary/aromatic N) is 2. The van der Waals surface area contributed by atoms with Gasteiger partial charge in [-0.25, -0.2) is 0 Å². The van der Waals surface area contributed by atoms with Crippen LogP contribution >= 0.6 is 0 Å². The van der Waals surface area contributed by atoms with Crippen molar-refractivity contribution in [3.8, 4) is 16.9 Å². The third-order valence-electron chi connectivity index (χ3n) is 8.00. The average molecular weight is 569 g/mol. The van der Waals surface area contributed by atoms with E-state index in [2.05, 4.69) is 63.2 Å². The van der Waals surface area contributed by atoms with Crippen LogP contribution in [0.2, 0.25) is 0 Å². The summed E-state index contributed by atoms with van der Waals surface area (Å²) in [7, 11) is 1.56. The predicted octanol–water partition coefficient (Wildman–Crippen LogP) is 7.26. The molecule has 0 bridgehead atoms. The van der Waals surface area contributed by atoms with Gasteiger partial charge >= 0.3 is 5.97 Å². The Bertz CT molecular complexity index is 1420. The smallest absolute Gasteiger partial charge is 0.307 e. The molecule has 0 radical (unpaired) electrons. The molecule has 1 aliphatic rings. The summed E-state index contributed by atoms with van der Waals surface area (Å²) >= 11 is 0. The maximum atomic E-state index is 13.1. The summed E-state index contributed by atoms with van der Waals surface area (Å²) in [6.07, 6.45) is 5.14. The maximum absolute atomic E-state index is 13.1. The molecule has 0 saturated carbocycles. The molecule has 0 fully saturated rings. The van der Waals surface area contributed by atoms with Crippen molar-refractivity contribution in [3.63, 3.8) is 0 Å². The lowest BCUT2D eigenvalue weighted by molar-refractivity contribution is -0.136. The molecule has 1 atom stereocenters. The Morgan fingerprint density at radius 1 is 0.929 bits per heavy atom. The van der Waals surface area contributed by atoms with Gasteiger partial charge in [-0.1, -0.05) is 81.4 Å². The van der Waals surface area contributed by atoms with Crippen LogP contribution in [0.3, 0.4) is 0 Å². The molecular weight excluding hydrogens is 524 g/mol. The van der Waals surface area contributed by atoms with Gasteiger partial charge in [0, 0.05) is 18.5 Å². The van der Waals surface area contributed by atoms with Crippen molar-refractivity contribution in [2.75, 3.05) is 13.7 Å². The fourth-order valence-corrected chi connectivity index (χ4v) is 5.60. The number of aliphatic carboxylic acids is 1. The van der Waals surface area contributed by atoms with Crippen LogP contribution in [-0.2, 0) is 34.3 Å². The minimum absolute atomic E-state index is 0.0725. The molecule has 1 N–H and O–H groups in total. The average Bonchev–Trinajstić information content (AvgIpc) is 3.26. The van der Waals surface area contributed by atoms with Crippen molar-refractivity contribution >= 4 is 17.7 Å². The first-order valence-electron chi connectivity index (χ1n) is 15.0. The number of carboxylic acid groups (broad SMARTS) is 1. The van der Waals surface area contributed by atoms with Crippen molar-refractivity contribution in [1.29, 1.82) is 0 Å². The van der Waals surface area contributed by atoms with Crippen LogP contribution in [0, 0.1) is 0 Å². The molecule has 6 heteroatoms. The van der Waals surface area contributed by atoms with Gasteiger partial charge in [-0.05, 0) is 78.3 Å². The van der Waals surface area contributed by atoms with E-state index in [0.717, 1.165) is 55.5 Å². The number of benzene rings is 3. The number of rotatable bonds is 13. The van der Waals surface area contributed by atoms with Gasteiger partial charge in [-0.15, -0.1) is 0 Å². The number of aliphatic imine (C=N–C) groups is 1. The zero-order valence-electron chi connectivity index (χ0n) is 25.7. The fraction of sp³-hybridized carbons (Fsp3) is 0.417. The van der Waals surface area contributed by atoms with Gasteiger partial charge < -0.3 is 9.84 Å². The highest BCUT2D eigenvalue weighted by Crippen LogP contribution is 2.29. The third-order valence-corrected chi connectivity index (χ3v) is 8.00. The van der Waals surface area contributed by atoms with Crippen LogP contribution in [0.4, 0.5) is 0 Å². The molecule has 1 unspecified atom stereocenters. The molecule has 1 amide bonds. The largest absolute Gasteiger partial charge is 0.496 e. The Kier molecular flexibility index (Phi) is 10.2. The zero-order chi connectivity index (χ0) is 30.3. The number of hydrogen-bond donors (Lipinski definition) is 1. The van der Waals surface area contributed by atoms with E-state index in [0.29, 0.717) is 17.9 Å². The molecule has 3 aromatic carbocycles. The van der Waals surface area contributed by atoms with Gasteiger partial charge in [0.25, 0.3) is 5.91 Å². The zero-order valence-corrected chi connectivity index (χ0v) is 25.7. The summed E-state index contributed by atoms with van der Waals surface area (Å²) < 4.78 is 5.45. The minimum atomic E-state index is -0.883. The van der Waals surface area contributed by atoms with Gasteiger partial charge in [0.2, 0.25) is 0 Å². The minimum Gasteiger partial charge on any atom is -0.496 e. The molecule has 0 aromatic heterocycles. The summed E-state index contributed by atoms with van der Waals surface area (Å²) in [4.78, 5) is 31.0. The number of likely N-dealkylation sites (N-methyl/N-ethyl adjacent to an activating group) is 1. The lowest BCUT2D eigenvalue weighted by Gasteiger charge is -2.19. The number of methoxy groups -OCH3 is 1. The molecule has 3 aromatic rings. The summed E-state index contributed by atoms with van der Waals surface area (Å²) in [5.41, 5.74) is 6.71. The van der Waals surface area contributed by atoms with Crippen molar-refractivity contribution < 1.29 is 19.4 Å². The van der Waals surface area contributed by atoms with Crippen molar-refractivity contribution in [1.82, 2.24) is 4.90 Å². The summed E-state index contributed by atoms with van der Waals surface area (Å²) in [5, 5.41) is 9.16. The molecule has 42 heavy (non-hydrogen) atoms. The topological polar surface area (TPSA) is 79.2 Å². The second-order valence-corrected chi connectivity index (χ2v) is 12.1. The van der Waals surface area contributed by atoms with E-state index in [4.69, 9.17) is 14.8 Å². The van der Waals surface area contributed by atoms with Gasteiger partial charge in [0.1, 0.15) is 17.6 Å². The molecule has 1 heterocycles. The quantitative estimate of drug-likeness (QED) is 0.235. The van der Waals surface area contributed by atoms with E-state index >= 15 is 0 Å². The van der Waals surface area contributed by atoms with Crippen molar-refractivity contribution in [2.24, 2.45) is 4.99 Å². The molecule has 0 saturated heterocycles. The summed E-state index contributed by atoms with van der Waals surface area (Å²) in [6.45, 7) is 9.35. The first kappa shape index (κ1) is 31.0. The second kappa shape index (κ2) is 13.8. The highest BCUT2D eigenvalue weighted by Gasteiger charge is 2.32. The molecular formula is C36H44N2O4. The van der Waals surface area contributed by atoms with Gasteiger partial charge in [-0.3, -0.25) is 19.5 Å². The Morgan fingerprint density at radius 3 is 2.31 bits per heavy atom. The van der Waals surface area contributed by atoms with Crippen LogP contribution in [0.5, 0.6) is 5.75 Å². The predicted molar refractivity (Wildman–Crippen MR) is 169 cm³/mol. The van der Waals surface area contributed by atoms with Gasteiger partial charge in [-0.2, -0.15) is 0 Å². The number of amidine groups is 1. The number of aryl methyl sites for hydroxylation is 2. The lowest BCUT2D eigenvalue weighted by atomic mass is 9.86. The maximum Gasteiger partial charge on any atom is 0.307 e. The van der Waals surface area contributed by atoms with E-state index in [1.807, 2.05) is 36.1 Å². The normalized spacial score (nSPS) is 15.2. The Morgan fingerprint density at radius 2 is 1.64 bits per heavy atom. The first-order chi connectivity index (χ1) is 20.1. The number of carboxylic acids is 1. The van der Waals surface area contributed by atoms with Crippen LogP contribution in [0.1, 0.15) is 75.6 Å². The summed E-state index contributed by atoms with van der Waals surface area (Å²) in [6, 6.07) is 22.6. The van der Waals surface area contributed by atoms with Gasteiger partial charge in [0.05, 0.1) is 13.5 Å². The number of amides is 1. The summed E-state index contributed by atoms with van der Waals surface area (Å²) in [5.74, 6) is 0.748. The third kappa shape index (κ3) is 7.87. The van der Waals surface area contributed by atoms with E-state index in [9.17, 15) is 9.59 Å². The SMILES string of the molecule is CCN1C(=O)C(CCCc2ccc(C(C)(C)C)cc2)N=C1CCCc1cccc(-c2ccc(CC(=O)O)c(OC)c2)c1. The Labute approximate surface area is 250 Å². The molecule has 6 nitrogen and oxygen atoms in total. The molecule has 4 rings (SSSR count). The number of carbonyl (C=O) groups is 2. The van der Waals surface area contributed by atoms with Crippen LogP contribution in [0.25, 0.3) is 11.1 Å². The standard InChI is InChI=1S/C36H44N2O4/c1-6-38-33(37-31(35(38)41)14-8-10-25-16-20-30(21-17-25)36(2,3)4)15-9-12-26-11-7-13-27(22-26)28-18-19-29(24-34(39)40)32(23-28)42-5/h7,11,13,16-23,31H,6,8-10,12,14-15,24H2,1-5H3,(H,39,40). The lowest BCUT2D eigenvalue weighted by Crippen LogP contribution is -2.35. The van der Waals surface area contributed by atoms with E-state index in [1.165, 1.54) is 16.7 Å².